The normalized spacial score (nSPS) is 19.8. The number of nitrogens with one attached hydrogen (secondary N) is 1. The minimum absolute atomic E-state index is 0.0789. The predicted molar refractivity (Wildman–Crippen MR) is 147 cm³/mol. The fourth-order valence-electron chi connectivity index (χ4n) is 6.08. The first-order chi connectivity index (χ1) is 18.7. The van der Waals surface area contributed by atoms with E-state index in [-0.39, 0.29) is 17.7 Å². The molecule has 0 aliphatic carbocycles. The zero-order valence-electron chi connectivity index (χ0n) is 22.1. The van der Waals surface area contributed by atoms with Crippen molar-refractivity contribution >= 4 is 10.9 Å². The van der Waals surface area contributed by atoms with Gasteiger partial charge in [0, 0.05) is 17.7 Å². The Hall–Kier alpha value is -3.36. The Morgan fingerprint density at radius 1 is 1.05 bits per heavy atom. The third-order valence-corrected chi connectivity index (χ3v) is 8.23. The molecule has 0 bridgehead atoms. The van der Waals surface area contributed by atoms with Crippen LogP contribution in [-0.4, -0.2) is 55.9 Å². The number of tetrazole rings is 1. The van der Waals surface area contributed by atoms with E-state index in [4.69, 9.17) is 4.74 Å². The Bertz CT molecular complexity index is 1420. The van der Waals surface area contributed by atoms with Crippen molar-refractivity contribution < 1.29 is 4.74 Å². The SMILES string of the molecule is CCc1ccc2[nH]c(=O)c(C(c3nnnn3CC3CCCO3)N3CCC(Cc4ccccc4)CC3)cc2c1. The van der Waals surface area contributed by atoms with E-state index < -0.39 is 0 Å². The summed E-state index contributed by atoms with van der Waals surface area (Å²) < 4.78 is 7.76. The van der Waals surface area contributed by atoms with Gasteiger partial charge in [0.05, 0.1) is 12.6 Å². The quantitative estimate of drug-likeness (QED) is 0.379. The summed E-state index contributed by atoms with van der Waals surface area (Å²) in [7, 11) is 0. The summed E-state index contributed by atoms with van der Waals surface area (Å²) in [5.74, 6) is 1.35. The molecule has 2 aliphatic rings. The maximum Gasteiger partial charge on any atom is 0.253 e. The zero-order chi connectivity index (χ0) is 25.9. The molecule has 2 unspecified atom stereocenters. The highest BCUT2D eigenvalue weighted by atomic mass is 16.5. The molecule has 8 nitrogen and oxygen atoms in total. The van der Waals surface area contributed by atoms with Crippen molar-refractivity contribution in [3.8, 4) is 0 Å². The molecule has 2 aliphatic heterocycles. The standard InChI is InChI=1S/C30H36N6O2/c1-2-21-10-11-27-24(18-21)19-26(30(37)31-27)28(29-32-33-34-36(29)20-25-9-6-16-38-25)35-14-12-23(13-15-35)17-22-7-4-3-5-8-22/h3-5,7-8,10-11,18-19,23,25,28H,2,6,9,12-17,20H2,1H3,(H,31,37). The van der Waals surface area contributed by atoms with E-state index in [1.54, 1.807) is 0 Å². The van der Waals surface area contributed by atoms with Crippen LogP contribution < -0.4 is 5.56 Å². The number of aryl methyl sites for hydroxylation is 1. The van der Waals surface area contributed by atoms with Crippen LogP contribution >= 0.6 is 0 Å². The molecular formula is C30H36N6O2. The van der Waals surface area contributed by atoms with E-state index in [2.05, 4.69) is 80.9 Å². The van der Waals surface area contributed by atoms with Crippen molar-refractivity contribution in [2.24, 2.45) is 5.92 Å². The van der Waals surface area contributed by atoms with Crippen LogP contribution in [0.25, 0.3) is 10.9 Å². The van der Waals surface area contributed by atoms with Crippen LogP contribution in [0, 0.1) is 5.92 Å². The number of rotatable bonds is 8. The minimum Gasteiger partial charge on any atom is -0.376 e. The van der Waals surface area contributed by atoms with Crippen LogP contribution in [0.2, 0.25) is 0 Å². The second-order valence-electron chi connectivity index (χ2n) is 10.8. The van der Waals surface area contributed by atoms with Gasteiger partial charge in [0.15, 0.2) is 5.82 Å². The number of hydrogen-bond donors (Lipinski definition) is 1. The Balaban J connectivity index is 1.33. The fraction of sp³-hybridized carbons (Fsp3) is 0.467. The molecule has 8 heteroatoms. The second-order valence-corrected chi connectivity index (χ2v) is 10.8. The van der Waals surface area contributed by atoms with Crippen LogP contribution in [-0.2, 0) is 24.1 Å². The molecule has 2 atom stereocenters. The lowest BCUT2D eigenvalue weighted by Gasteiger charge is -2.37. The van der Waals surface area contributed by atoms with Gasteiger partial charge in [0.25, 0.3) is 5.56 Å². The number of ether oxygens (including phenoxy) is 1. The van der Waals surface area contributed by atoms with Gasteiger partial charge < -0.3 is 9.72 Å². The van der Waals surface area contributed by atoms with Crippen molar-refractivity contribution in [1.82, 2.24) is 30.1 Å². The molecule has 38 heavy (non-hydrogen) atoms. The summed E-state index contributed by atoms with van der Waals surface area (Å²) in [6, 6.07) is 18.7. The molecule has 2 aromatic heterocycles. The lowest BCUT2D eigenvalue weighted by atomic mass is 9.89. The molecule has 0 saturated carbocycles. The molecule has 0 radical (unpaired) electrons. The highest BCUT2D eigenvalue weighted by Gasteiger charge is 2.34. The third kappa shape index (κ3) is 5.28. The van der Waals surface area contributed by atoms with Crippen molar-refractivity contribution in [2.75, 3.05) is 19.7 Å². The first-order valence-electron chi connectivity index (χ1n) is 14.0. The molecule has 198 valence electrons. The first-order valence-corrected chi connectivity index (χ1v) is 14.0. The van der Waals surface area contributed by atoms with Gasteiger partial charge in [-0.05, 0) is 103 Å². The summed E-state index contributed by atoms with van der Waals surface area (Å²) in [5, 5.41) is 14.0. The molecule has 1 N–H and O–H groups in total. The van der Waals surface area contributed by atoms with Crippen molar-refractivity contribution in [3.63, 3.8) is 0 Å². The average Bonchev–Trinajstić information content (AvgIpc) is 3.63. The van der Waals surface area contributed by atoms with Gasteiger partial charge >= 0.3 is 0 Å². The molecule has 2 saturated heterocycles. The fourth-order valence-corrected chi connectivity index (χ4v) is 6.08. The number of aromatic amines is 1. The van der Waals surface area contributed by atoms with Crippen LogP contribution in [0.15, 0.2) is 59.4 Å². The number of nitrogens with zero attached hydrogens (tertiary/aromatic N) is 5. The summed E-state index contributed by atoms with van der Waals surface area (Å²) in [4.78, 5) is 19.1. The minimum atomic E-state index is -0.317. The Labute approximate surface area is 223 Å². The van der Waals surface area contributed by atoms with Crippen LogP contribution in [0.3, 0.4) is 0 Å². The zero-order valence-corrected chi connectivity index (χ0v) is 22.1. The molecule has 6 rings (SSSR count). The average molecular weight is 513 g/mol. The molecule has 0 amide bonds. The van der Waals surface area contributed by atoms with Gasteiger partial charge in [-0.1, -0.05) is 43.3 Å². The van der Waals surface area contributed by atoms with Crippen molar-refractivity contribution in [3.05, 3.63) is 87.5 Å². The van der Waals surface area contributed by atoms with Gasteiger partial charge in [-0.15, -0.1) is 5.10 Å². The van der Waals surface area contributed by atoms with E-state index in [0.717, 1.165) is 74.9 Å². The van der Waals surface area contributed by atoms with E-state index >= 15 is 0 Å². The molecule has 2 fully saturated rings. The van der Waals surface area contributed by atoms with Crippen LogP contribution in [0.1, 0.15) is 61.2 Å². The maximum atomic E-state index is 13.5. The number of benzene rings is 2. The smallest absolute Gasteiger partial charge is 0.253 e. The summed E-state index contributed by atoms with van der Waals surface area (Å²) in [5.41, 5.74) is 4.12. The van der Waals surface area contributed by atoms with Crippen LogP contribution in [0.4, 0.5) is 0 Å². The number of H-pyrrole nitrogens is 1. The highest BCUT2D eigenvalue weighted by Crippen LogP contribution is 2.32. The summed E-state index contributed by atoms with van der Waals surface area (Å²) in [6.07, 6.45) is 6.36. The Morgan fingerprint density at radius 2 is 1.89 bits per heavy atom. The Kier molecular flexibility index (Phi) is 7.33. The van der Waals surface area contributed by atoms with E-state index in [1.807, 2.05) is 10.7 Å². The number of likely N-dealkylation sites (tertiary alicyclic amines) is 1. The number of aromatic nitrogens is 5. The monoisotopic (exact) mass is 512 g/mol. The lowest BCUT2D eigenvalue weighted by molar-refractivity contribution is 0.0892. The number of fused-ring (bicyclic) bond motifs is 1. The van der Waals surface area contributed by atoms with Crippen molar-refractivity contribution in [2.45, 2.75) is 64.1 Å². The summed E-state index contributed by atoms with van der Waals surface area (Å²) in [6.45, 7) is 5.32. The van der Waals surface area contributed by atoms with E-state index in [9.17, 15) is 4.79 Å². The van der Waals surface area contributed by atoms with Gasteiger partial charge in [0.1, 0.15) is 6.04 Å². The number of hydrogen-bond acceptors (Lipinski definition) is 6. The molecular weight excluding hydrogens is 476 g/mol. The van der Waals surface area contributed by atoms with Gasteiger partial charge in [-0.3, -0.25) is 9.69 Å². The third-order valence-electron chi connectivity index (χ3n) is 8.23. The van der Waals surface area contributed by atoms with Crippen LogP contribution in [0.5, 0.6) is 0 Å². The van der Waals surface area contributed by atoms with Gasteiger partial charge in [-0.25, -0.2) is 4.68 Å². The lowest BCUT2D eigenvalue weighted by Crippen LogP contribution is -2.41. The summed E-state index contributed by atoms with van der Waals surface area (Å²) >= 11 is 0. The van der Waals surface area contributed by atoms with Gasteiger partial charge in [0.2, 0.25) is 0 Å². The predicted octanol–water partition coefficient (Wildman–Crippen LogP) is 4.30. The molecule has 0 spiro atoms. The van der Waals surface area contributed by atoms with E-state index in [0.29, 0.717) is 18.0 Å². The topological polar surface area (TPSA) is 88.9 Å². The molecule has 4 heterocycles. The van der Waals surface area contributed by atoms with E-state index in [1.165, 1.54) is 11.1 Å². The number of piperidine rings is 1. The number of pyridine rings is 1. The first kappa shape index (κ1) is 24.9. The van der Waals surface area contributed by atoms with Crippen molar-refractivity contribution in [1.29, 1.82) is 0 Å². The molecule has 4 aromatic rings. The highest BCUT2D eigenvalue weighted by molar-refractivity contribution is 5.80. The van der Waals surface area contributed by atoms with Gasteiger partial charge in [-0.2, -0.15) is 0 Å². The second kappa shape index (κ2) is 11.2. The maximum absolute atomic E-state index is 13.5. The largest absolute Gasteiger partial charge is 0.376 e. The molecule has 2 aromatic carbocycles. The Morgan fingerprint density at radius 3 is 2.66 bits per heavy atom.